The molecule has 3 atom stereocenters. The Hall–Kier alpha value is -2.60. The zero-order chi connectivity index (χ0) is 27.7. The SMILES string of the molecule is CC(C)(C)C(=O)N([C@H]1CCN(C(=O)[C@@H]2CN(c3ccccn3)C[C@H]2c2ccc(Cl)cc2)C1)[C@H]1CC[C@@H](C)CC1. The highest BCUT2D eigenvalue weighted by Crippen LogP contribution is 2.38. The van der Waals surface area contributed by atoms with Crippen molar-refractivity contribution >= 4 is 29.2 Å². The van der Waals surface area contributed by atoms with Crippen molar-refractivity contribution in [3.63, 3.8) is 0 Å². The third kappa shape index (κ3) is 6.11. The van der Waals surface area contributed by atoms with Gasteiger partial charge in [-0.15, -0.1) is 0 Å². The van der Waals surface area contributed by atoms with Gasteiger partial charge >= 0.3 is 0 Å². The number of halogens is 1. The largest absolute Gasteiger partial charge is 0.355 e. The maximum atomic E-state index is 14.2. The number of amides is 2. The number of likely N-dealkylation sites (tertiary alicyclic amines) is 1. The molecule has 6 nitrogen and oxygen atoms in total. The first kappa shape index (κ1) is 27.9. The summed E-state index contributed by atoms with van der Waals surface area (Å²) in [6, 6.07) is 14.2. The minimum atomic E-state index is -0.436. The number of anilines is 1. The van der Waals surface area contributed by atoms with Crippen LogP contribution in [0.5, 0.6) is 0 Å². The van der Waals surface area contributed by atoms with E-state index in [9.17, 15) is 9.59 Å². The Labute approximate surface area is 238 Å². The van der Waals surface area contributed by atoms with Gasteiger partial charge in [-0.2, -0.15) is 0 Å². The molecule has 2 aromatic rings. The number of hydrogen-bond donors (Lipinski definition) is 0. The van der Waals surface area contributed by atoms with E-state index in [0.717, 1.165) is 43.1 Å². The highest BCUT2D eigenvalue weighted by molar-refractivity contribution is 6.30. The number of rotatable bonds is 5. The Morgan fingerprint density at radius 1 is 0.923 bits per heavy atom. The van der Waals surface area contributed by atoms with Gasteiger partial charge < -0.3 is 14.7 Å². The molecule has 2 saturated heterocycles. The second-order valence-corrected chi connectivity index (χ2v) is 13.4. The average Bonchev–Trinajstić information content (AvgIpc) is 3.58. The zero-order valence-corrected chi connectivity index (χ0v) is 24.6. The lowest BCUT2D eigenvalue weighted by Crippen LogP contribution is -2.53. The molecule has 2 amide bonds. The topological polar surface area (TPSA) is 56.8 Å². The summed E-state index contributed by atoms with van der Waals surface area (Å²) in [6.45, 7) is 11.1. The van der Waals surface area contributed by atoms with Crippen molar-refractivity contribution in [1.29, 1.82) is 0 Å². The van der Waals surface area contributed by atoms with E-state index in [0.29, 0.717) is 24.7 Å². The van der Waals surface area contributed by atoms with Gasteiger partial charge in [0.05, 0.1) is 12.0 Å². The van der Waals surface area contributed by atoms with Crippen molar-refractivity contribution in [3.8, 4) is 0 Å². The van der Waals surface area contributed by atoms with E-state index in [1.165, 1.54) is 12.8 Å². The van der Waals surface area contributed by atoms with Gasteiger partial charge in [0, 0.05) is 54.8 Å². The number of benzene rings is 1. The molecule has 0 bridgehead atoms. The summed E-state index contributed by atoms with van der Waals surface area (Å²) in [5.74, 6) is 1.93. The molecule has 1 saturated carbocycles. The molecule has 0 radical (unpaired) electrons. The maximum Gasteiger partial charge on any atom is 0.228 e. The van der Waals surface area contributed by atoms with Gasteiger partial charge in [-0.3, -0.25) is 9.59 Å². The highest BCUT2D eigenvalue weighted by atomic mass is 35.5. The molecule has 39 heavy (non-hydrogen) atoms. The lowest BCUT2D eigenvalue weighted by atomic mass is 9.84. The number of pyridine rings is 1. The second kappa shape index (κ2) is 11.5. The molecule has 1 aliphatic carbocycles. The van der Waals surface area contributed by atoms with Crippen molar-refractivity contribution < 1.29 is 9.59 Å². The Bertz CT molecular complexity index is 1140. The number of carbonyl (C=O) groups is 2. The molecule has 5 rings (SSSR count). The van der Waals surface area contributed by atoms with Gasteiger partial charge in [-0.05, 0) is 67.9 Å². The van der Waals surface area contributed by atoms with Gasteiger partial charge in [-0.25, -0.2) is 4.98 Å². The Morgan fingerprint density at radius 3 is 2.28 bits per heavy atom. The predicted molar refractivity (Wildman–Crippen MR) is 157 cm³/mol. The summed E-state index contributed by atoms with van der Waals surface area (Å²) in [5, 5.41) is 0.698. The van der Waals surface area contributed by atoms with Crippen LogP contribution < -0.4 is 4.90 Å². The minimum absolute atomic E-state index is 0.0583. The quantitative estimate of drug-likeness (QED) is 0.457. The summed E-state index contributed by atoms with van der Waals surface area (Å²) in [4.78, 5) is 38.9. The van der Waals surface area contributed by atoms with Crippen molar-refractivity contribution in [2.24, 2.45) is 17.3 Å². The Balaban J connectivity index is 1.36. The predicted octanol–water partition coefficient (Wildman–Crippen LogP) is 6.01. The van der Waals surface area contributed by atoms with Crippen LogP contribution in [0.15, 0.2) is 48.7 Å². The molecule has 2 aliphatic heterocycles. The molecule has 0 spiro atoms. The van der Waals surface area contributed by atoms with Gasteiger partial charge in [0.25, 0.3) is 0 Å². The molecule has 0 N–H and O–H groups in total. The zero-order valence-electron chi connectivity index (χ0n) is 23.9. The Kier molecular flexibility index (Phi) is 8.23. The van der Waals surface area contributed by atoms with Crippen LogP contribution in [0.25, 0.3) is 0 Å². The maximum absolute atomic E-state index is 14.2. The van der Waals surface area contributed by atoms with E-state index in [1.54, 1.807) is 6.20 Å². The number of carbonyl (C=O) groups excluding carboxylic acids is 2. The van der Waals surface area contributed by atoms with Crippen molar-refractivity contribution in [3.05, 3.63) is 59.2 Å². The smallest absolute Gasteiger partial charge is 0.228 e. The van der Waals surface area contributed by atoms with Crippen LogP contribution in [0.1, 0.15) is 71.3 Å². The monoisotopic (exact) mass is 550 g/mol. The lowest BCUT2D eigenvalue weighted by Gasteiger charge is -2.42. The van der Waals surface area contributed by atoms with Crippen LogP contribution in [-0.2, 0) is 9.59 Å². The molecule has 3 heterocycles. The lowest BCUT2D eigenvalue weighted by molar-refractivity contribution is -0.146. The fraction of sp³-hybridized carbons (Fsp3) is 0.594. The number of hydrogen-bond acceptors (Lipinski definition) is 4. The first-order valence-corrected chi connectivity index (χ1v) is 15.0. The van der Waals surface area contributed by atoms with Crippen LogP contribution in [0, 0.1) is 17.3 Å². The van der Waals surface area contributed by atoms with E-state index in [2.05, 4.69) is 33.8 Å². The van der Waals surface area contributed by atoms with Crippen LogP contribution in [0.4, 0.5) is 5.82 Å². The molecule has 0 unspecified atom stereocenters. The van der Waals surface area contributed by atoms with E-state index in [4.69, 9.17) is 11.6 Å². The van der Waals surface area contributed by atoms with Gasteiger partial charge in [-0.1, -0.05) is 57.5 Å². The molecule has 1 aromatic heterocycles. The van der Waals surface area contributed by atoms with Crippen LogP contribution in [0.2, 0.25) is 5.02 Å². The molecule has 3 fully saturated rings. The fourth-order valence-corrected chi connectivity index (χ4v) is 6.90. The molecule has 210 valence electrons. The fourth-order valence-electron chi connectivity index (χ4n) is 6.77. The molecular weight excluding hydrogens is 508 g/mol. The number of nitrogens with zero attached hydrogens (tertiary/aromatic N) is 4. The van der Waals surface area contributed by atoms with Crippen molar-refractivity contribution in [2.45, 2.75) is 77.8 Å². The van der Waals surface area contributed by atoms with Crippen molar-refractivity contribution in [2.75, 3.05) is 31.1 Å². The first-order chi connectivity index (χ1) is 18.6. The van der Waals surface area contributed by atoms with Crippen LogP contribution >= 0.6 is 11.6 Å². The summed E-state index contributed by atoms with van der Waals surface area (Å²) in [6.07, 6.45) is 7.12. The summed E-state index contributed by atoms with van der Waals surface area (Å²) < 4.78 is 0. The first-order valence-electron chi connectivity index (χ1n) is 14.6. The third-order valence-corrected chi connectivity index (χ3v) is 9.28. The standard InChI is InChI=1S/C32H43ClN4O2/c1-22-8-14-25(15-9-22)37(31(39)32(2,3)4)26-16-18-35(19-26)30(38)28-21-36(29-7-5-6-17-34-29)20-27(28)23-10-12-24(33)13-11-23/h5-7,10-13,17,22,25-28H,8-9,14-16,18-21H2,1-4H3/t22-,25+,26-,27-,28+/m0/s1. The van der Waals surface area contributed by atoms with Crippen LogP contribution in [-0.4, -0.2) is 64.9 Å². The van der Waals surface area contributed by atoms with Crippen molar-refractivity contribution in [1.82, 2.24) is 14.8 Å². The number of aromatic nitrogens is 1. The summed E-state index contributed by atoms with van der Waals surface area (Å²) in [5.41, 5.74) is 0.697. The summed E-state index contributed by atoms with van der Waals surface area (Å²) in [7, 11) is 0. The second-order valence-electron chi connectivity index (χ2n) is 13.0. The minimum Gasteiger partial charge on any atom is -0.355 e. The van der Waals surface area contributed by atoms with Crippen LogP contribution in [0.3, 0.4) is 0 Å². The van der Waals surface area contributed by atoms with Gasteiger partial charge in [0.1, 0.15) is 5.82 Å². The average molecular weight is 551 g/mol. The van der Waals surface area contributed by atoms with E-state index in [-0.39, 0.29) is 35.7 Å². The summed E-state index contributed by atoms with van der Waals surface area (Å²) >= 11 is 6.19. The molecule has 1 aromatic carbocycles. The third-order valence-electron chi connectivity index (χ3n) is 9.03. The van der Waals surface area contributed by atoms with Gasteiger partial charge in [0.2, 0.25) is 11.8 Å². The molecular formula is C32H43ClN4O2. The van der Waals surface area contributed by atoms with E-state index in [1.807, 2.05) is 56.0 Å². The normalized spacial score (nSPS) is 27.6. The van der Waals surface area contributed by atoms with E-state index >= 15 is 0 Å². The molecule has 7 heteroatoms. The highest BCUT2D eigenvalue weighted by Gasteiger charge is 2.45. The van der Waals surface area contributed by atoms with E-state index < -0.39 is 5.41 Å². The Morgan fingerprint density at radius 2 is 1.64 bits per heavy atom. The van der Waals surface area contributed by atoms with Gasteiger partial charge in [0.15, 0.2) is 0 Å². The molecule has 3 aliphatic rings.